The highest BCUT2D eigenvalue weighted by molar-refractivity contribution is 14.0. The van der Waals surface area contributed by atoms with E-state index in [9.17, 15) is 4.39 Å². The Balaban J connectivity index is 0.00000320. The number of guanidine groups is 1. The number of hydrogen-bond acceptors (Lipinski definition) is 3. The number of aliphatic imine (C=N–C) groups is 1. The van der Waals surface area contributed by atoms with Crippen molar-refractivity contribution < 1.29 is 4.39 Å². The fourth-order valence-electron chi connectivity index (χ4n) is 3.97. The van der Waals surface area contributed by atoms with Gasteiger partial charge in [0.2, 0.25) is 0 Å². The molecule has 0 aliphatic carbocycles. The Morgan fingerprint density at radius 3 is 2.83 bits per heavy atom. The minimum atomic E-state index is -0.210. The van der Waals surface area contributed by atoms with Gasteiger partial charge in [0.15, 0.2) is 5.96 Å². The summed E-state index contributed by atoms with van der Waals surface area (Å²) in [4.78, 5) is 13.6. The molecule has 1 aliphatic heterocycles. The van der Waals surface area contributed by atoms with Crippen molar-refractivity contribution in [2.24, 2.45) is 10.9 Å². The number of likely N-dealkylation sites (tertiary alicyclic amines) is 1. The lowest BCUT2D eigenvalue weighted by Crippen LogP contribution is -2.49. The van der Waals surface area contributed by atoms with Crippen LogP contribution >= 0.6 is 24.0 Å². The number of nitrogens with one attached hydrogen (secondary N) is 1. The summed E-state index contributed by atoms with van der Waals surface area (Å²) in [6.45, 7) is 7.65. The zero-order chi connectivity index (χ0) is 20.8. The van der Waals surface area contributed by atoms with Crippen molar-refractivity contribution in [2.75, 3.05) is 40.3 Å². The van der Waals surface area contributed by atoms with Crippen LogP contribution in [0.1, 0.15) is 37.9 Å². The molecule has 0 amide bonds. The number of aromatic nitrogens is 2. The molecule has 166 valence electrons. The Morgan fingerprint density at radius 2 is 2.20 bits per heavy atom. The van der Waals surface area contributed by atoms with E-state index in [1.807, 2.05) is 38.9 Å². The maximum absolute atomic E-state index is 13.7. The second kappa shape index (κ2) is 11.6. The van der Waals surface area contributed by atoms with Crippen molar-refractivity contribution in [1.29, 1.82) is 0 Å². The highest BCUT2D eigenvalue weighted by Gasteiger charge is 2.29. The molecule has 6 nitrogen and oxygen atoms in total. The predicted molar refractivity (Wildman–Crippen MR) is 131 cm³/mol. The third-order valence-electron chi connectivity index (χ3n) is 5.73. The molecule has 3 rings (SSSR count). The lowest BCUT2D eigenvalue weighted by molar-refractivity contribution is 0.188. The van der Waals surface area contributed by atoms with Gasteiger partial charge in [-0.05, 0) is 51.1 Å². The third kappa shape index (κ3) is 6.16. The zero-order valence-corrected chi connectivity index (χ0v) is 20.7. The number of benzene rings is 1. The first kappa shape index (κ1) is 24.6. The van der Waals surface area contributed by atoms with E-state index >= 15 is 0 Å². The van der Waals surface area contributed by atoms with E-state index in [1.165, 1.54) is 6.07 Å². The zero-order valence-electron chi connectivity index (χ0n) is 18.3. The monoisotopic (exact) mass is 528 g/mol. The minimum Gasteiger partial charge on any atom is -0.357 e. The third-order valence-corrected chi connectivity index (χ3v) is 5.73. The summed E-state index contributed by atoms with van der Waals surface area (Å²) in [5, 5.41) is 3.45. The Hall–Kier alpha value is -1.68. The van der Waals surface area contributed by atoms with Gasteiger partial charge in [0.25, 0.3) is 0 Å². The fourth-order valence-corrected chi connectivity index (χ4v) is 3.97. The molecule has 8 heteroatoms. The maximum atomic E-state index is 13.7. The van der Waals surface area contributed by atoms with Crippen molar-refractivity contribution in [1.82, 2.24) is 24.7 Å². The molecule has 2 aromatic rings. The summed E-state index contributed by atoms with van der Waals surface area (Å²) in [5.74, 6) is 1.30. The van der Waals surface area contributed by atoms with E-state index in [-0.39, 0.29) is 35.8 Å². The van der Waals surface area contributed by atoms with E-state index in [0.717, 1.165) is 37.6 Å². The fraction of sp³-hybridized carbons (Fsp3) is 0.545. The Kier molecular flexibility index (Phi) is 9.54. The average Bonchev–Trinajstić information content (AvgIpc) is 3.22. The van der Waals surface area contributed by atoms with Gasteiger partial charge in [-0.2, -0.15) is 0 Å². The highest BCUT2D eigenvalue weighted by Crippen LogP contribution is 2.27. The van der Waals surface area contributed by atoms with Crippen molar-refractivity contribution in [3.63, 3.8) is 0 Å². The van der Waals surface area contributed by atoms with Crippen LogP contribution < -0.4 is 5.32 Å². The second-order valence-electron chi connectivity index (χ2n) is 8.02. The second-order valence-corrected chi connectivity index (χ2v) is 8.02. The number of rotatable bonds is 6. The van der Waals surface area contributed by atoms with E-state index < -0.39 is 0 Å². The molecule has 1 aliphatic rings. The molecule has 30 heavy (non-hydrogen) atoms. The average molecular weight is 528 g/mol. The number of likely N-dealkylation sites (N-methyl/N-ethyl adjacent to an activating group) is 1. The minimum absolute atomic E-state index is 0. The van der Waals surface area contributed by atoms with Crippen molar-refractivity contribution in [3.8, 4) is 0 Å². The lowest BCUT2D eigenvalue weighted by atomic mass is 9.93. The van der Waals surface area contributed by atoms with Crippen LogP contribution in [0.4, 0.5) is 4.39 Å². The van der Waals surface area contributed by atoms with Gasteiger partial charge in [0.1, 0.15) is 5.82 Å². The molecule has 1 aromatic heterocycles. The first-order valence-electron chi connectivity index (χ1n) is 10.4. The van der Waals surface area contributed by atoms with Crippen molar-refractivity contribution >= 4 is 29.9 Å². The summed E-state index contributed by atoms with van der Waals surface area (Å²) < 4.78 is 15.9. The van der Waals surface area contributed by atoms with Gasteiger partial charge >= 0.3 is 0 Å². The molecule has 1 aromatic carbocycles. The van der Waals surface area contributed by atoms with Crippen LogP contribution in [0.15, 0.2) is 48.0 Å². The molecular weight excluding hydrogens is 494 g/mol. The predicted octanol–water partition coefficient (Wildman–Crippen LogP) is 3.79. The van der Waals surface area contributed by atoms with Crippen molar-refractivity contribution in [2.45, 2.75) is 32.4 Å². The van der Waals surface area contributed by atoms with E-state index in [2.05, 4.69) is 38.5 Å². The summed E-state index contributed by atoms with van der Waals surface area (Å²) in [6.07, 6.45) is 6.89. The van der Waals surface area contributed by atoms with Crippen LogP contribution in [0.3, 0.4) is 0 Å². The molecule has 0 bridgehead atoms. The largest absolute Gasteiger partial charge is 0.357 e. The molecular formula is C22H34FIN6. The van der Waals surface area contributed by atoms with Crippen LogP contribution in [0.5, 0.6) is 0 Å². The molecule has 3 atom stereocenters. The van der Waals surface area contributed by atoms with Crippen LogP contribution in [0.25, 0.3) is 0 Å². The van der Waals surface area contributed by atoms with Crippen LogP contribution in [-0.2, 0) is 0 Å². The lowest BCUT2D eigenvalue weighted by Gasteiger charge is -2.39. The molecule has 1 N–H and O–H groups in total. The van der Waals surface area contributed by atoms with Gasteiger partial charge in [-0.15, -0.1) is 24.0 Å². The quantitative estimate of drug-likeness (QED) is 0.352. The van der Waals surface area contributed by atoms with Crippen LogP contribution in [0, 0.1) is 11.7 Å². The van der Waals surface area contributed by atoms with Gasteiger partial charge in [-0.25, -0.2) is 9.37 Å². The summed E-state index contributed by atoms with van der Waals surface area (Å²) in [5.41, 5.74) is 0.943. The standard InChI is InChI=1S/C22H33FN6.HI/c1-5-25-22(26-14-20(27(3)4)18-7-6-8-19(23)13-18)28-11-9-17(2)21(15-28)29-12-10-24-16-29;/h6-8,10,12-13,16-17,20-21H,5,9,11,14-15H2,1-4H3,(H,25,26);1H. The molecule has 0 radical (unpaired) electrons. The Labute approximate surface area is 196 Å². The number of piperidine rings is 1. The number of hydrogen-bond donors (Lipinski definition) is 1. The Bertz CT molecular complexity index is 795. The summed E-state index contributed by atoms with van der Waals surface area (Å²) in [7, 11) is 4.02. The molecule has 3 unspecified atom stereocenters. The summed E-state index contributed by atoms with van der Waals surface area (Å²) in [6, 6.07) is 7.21. The highest BCUT2D eigenvalue weighted by atomic mass is 127. The normalized spacial score (nSPS) is 20.7. The smallest absolute Gasteiger partial charge is 0.194 e. The van der Waals surface area contributed by atoms with Gasteiger partial charge in [-0.1, -0.05) is 19.1 Å². The SMILES string of the molecule is CCNC(=NCC(c1cccc(F)c1)N(C)C)N1CCC(C)C(n2ccnc2)C1.I. The molecule has 1 saturated heterocycles. The topological polar surface area (TPSA) is 48.7 Å². The number of imidazole rings is 1. The number of nitrogens with zero attached hydrogens (tertiary/aromatic N) is 5. The first-order valence-corrected chi connectivity index (χ1v) is 10.4. The number of halogens is 2. The van der Waals surface area contributed by atoms with E-state index in [4.69, 9.17) is 4.99 Å². The molecule has 1 fully saturated rings. The van der Waals surface area contributed by atoms with E-state index in [1.54, 1.807) is 12.1 Å². The van der Waals surface area contributed by atoms with Gasteiger partial charge < -0.3 is 19.7 Å². The molecule has 0 spiro atoms. The van der Waals surface area contributed by atoms with Crippen molar-refractivity contribution in [3.05, 3.63) is 54.4 Å². The Morgan fingerprint density at radius 1 is 1.40 bits per heavy atom. The van der Waals surface area contributed by atoms with Crippen LogP contribution in [0.2, 0.25) is 0 Å². The summed E-state index contributed by atoms with van der Waals surface area (Å²) >= 11 is 0. The molecule has 2 heterocycles. The maximum Gasteiger partial charge on any atom is 0.194 e. The van der Waals surface area contributed by atoms with E-state index in [0.29, 0.717) is 18.5 Å². The first-order chi connectivity index (χ1) is 14.0. The van der Waals surface area contributed by atoms with Gasteiger partial charge in [0, 0.05) is 32.0 Å². The van der Waals surface area contributed by atoms with Crippen LogP contribution in [-0.4, -0.2) is 65.6 Å². The van der Waals surface area contributed by atoms with Gasteiger partial charge in [-0.3, -0.25) is 4.99 Å². The molecule has 0 saturated carbocycles. The van der Waals surface area contributed by atoms with Gasteiger partial charge in [0.05, 0.1) is 25.0 Å².